The third-order valence-corrected chi connectivity index (χ3v) is 2.73. The van der Waals surface area contributed by atoms with Gasteiger partial charge in [0, 0.05) is 18.8 Å². The molecule has 4 nitrogen and oxygen atoms in total. The standard InChI is InChI=1S/C15H17N3O.C2H6/c1-3-5-9-16-12(4-2)15-11-14(18-19-15)13-8-6-7-10-17-13;1-2/h4-10,15H,2-3,11H2,1H3;1-2H3/b9-5-,16-12?;. The van der Waals surface area contributed by atoms with Gasteiger partial charge in [0.25, 0.3) is 0 Å². The van der Waals surface area contributed by atoms with Crippen LogP contribution in [0.2, 0.25) is 0 Å². The summed E-state index contributed by atoms with van der Waals surface area (Å²) in [4.78, 5) is 14.0. The van der Waals surface area contributed by atoms with Crippen LogP contribution < -0.4 is 0 Å². The van der Waals surface area contributed by atoms with Gasteiger partial charge in [0.15, 0.2) is 6.10 Å². The average Bonchev–Trinajstić information content (AvgIpc) is 3.04. The van der Waals surface area contributed by atoms with E-state index in [1.54, 1.807) is 18.5 Å². The van der Waals surface area contributed by atoms with Gasteiger partial charge in [-0.15, -0.1) is 0 Å². The van der Waals surface area contributed by atoms with Gasteiger partial charge in [-0.2, -0.15) is 0 Å². The number of pyridine rings is 1. The van der Waals surface area contributed by atoms with Crippen LogP contribution in [0, 0.1) is 0 Å². The summed E-state index contributed by atoms with van der Waals surface area (Å²) in [6.07, 6.45) is 8.67. The Morgan fingerprint density at radius 3 is 2.90 bits per heavy atom. The molecule has 0 aromatic carbocycles. The maximum Gasteiger partial charge on any atom is 0.174 e. The van der Waals surface area contributed by atoms with Crippen LogP contribution in [0.3, 0.4) is 0 Å². The van der Waals surface area contributed by atoms with Gasteiger partial charge in [0.2, 0.25) is 0 Å². The Bertz CT molecular complexity index is 518. The third-order valence-electron chi connectivity index (χ3n) is 2.73. The Morgan fingerprint density at radius 2 is 2.29 bits per heavy atom. The minimum Gasteiger partial charge on any atom is -0.385 e. The quantitative estimate of drug-likeness (QED) is 0.763. The Kier molecular flexibility index (Phi) is 7.72. The van der Waals surface area contributed by atoms with Crippen molar-refractivity contribution < 1.29 is 4.84 Å². The fraction of sp³-hybridized carbons (Fsp3) is 0.353. The molecular formula is C17H23N3O. The van der Waals surface area contributed by atoms with Gasteiger partial charge < -0.3 is 4.84 Å². The monoisotopic (exact) mass is 285 g/mol. The van der Waals surface area contributed by atoms with Crippen LogP contribution in [0.25, 0.3) is 0 Å². The summed E-state index contributed by atoms with van der Waals surface area (Å²) >= 11 is 0. The zero-order valence-corrected chi connectivity index (χ0v) is 13.0. The fourth-order valence-electron chi connectivity index (χ4n) is 1.73. The van der Waals surface area contributed by atoms with Crippen molar-refractivity contribution in [2.24, 2.45) is 10.1 Å². The van der Waals surface area contributed by atoms with Gasteiger partial charge in [-0.1, -0.05) is 44.6 Å². The minimum atomic E-state index is -0.170. The zero-order valence-electron chi connectivity index (χ0n) is 13.0. The highest BCUT2D eigenvalue weighted by atomic mass is 16.6. The van der Waals surface area contributed by atoms with E-state index < -0.39 is 0 Å². The molecule has 2 heterocycles. The van der Waals surface area contributed by atoms with Gasteiger partial charge in [-0.3, -0.25) is 9.98 Å². The first-order valence-corrected chi connectivity index (χ1v) is 7.34. The van der Waals surface area contributed by atoms with Crippen LogP contribution in [0.4, 0.5) is 0 Å². The lowest BCUT2D eigenvalue weighted by Gasteiger charge is -2.06. The fourth-order valence-corrected chi connectivity index (χ4v) is 1.73. The van der Waals surface area contributed by atoms with Crippen molar-refractivity contribution in [2.45, 2.75) is 39.7 Å². The van der Waals surface area contributed by atoms with Gasteiger partial charge in [-0.25, -0.2) is 0 Å². The first-order chi connectivity index (χ1) is 10.3. The minimum absolute atomic E-state index is 0.170. The number of hydrogen-bond donors (Lipinski definition) is 0. The van der Waals surface area contributed by atoms with E-state index in [2.05, 4.69) is 28.6 Å². The number of nitrogens with zero attached hydrogens (tertiary/aromatic N) is 3. The second-order valence-electron chi connectivity index (χ2n) is 4.10. The molecule has 0 amide bonds. The topological polar surface area (TPSA) is 46.8 Å². The highest BCUT2D eigenvalue weighted by Crippen LogP contribution is 2.17. The molecule has 0 spiro atoms. The average molecular weight is 285 g/mol. The second kappa shape index (κ2) is 9.64. The van der Waals surface area contributed by atoms with Crippen molar-refractivity contribution >= 4 is 11.4 Å². The molecule has 112 valence electrons. The number of aliphatic imine (C=N–C) groups is 1. The van der Waals surface area contributed by atoms with Gasteiger partial charge in [0.1, 0.15) is 5.71 Å². The summed E-state index contributed by atoms with van der Waals surface area (Å²) in [5.74, 6) is 0. The molecule has 1 aromatic heterocycles. The molecular weight excluding hydrogens is 262 g/mol. The number of aromatic nitrogens is 1. The number of hydrogen-bond acceptors (Lipinski definition) is 4. The third kappa shape index (κ3) is 4.99. The molecule has 0 saturated carbocycles. The van der Waals surface area contributed by atoms with Crippen molar-refractivity contribution in [3.63, 3.8) is 0 Å². The van der Waals surface area contributed by atoms with Crippen LogP contribution in [0.1, 0.15) is 39.3 Å². The Morgan fingerprint density at radius 1 is 1.48 bits per heavy atom. The van der Waals surface area contributed by atoms with Crippen molar-refractivity contribution in [3.05, 3.63) is 55.0 Å². The van der Waals surface area contributed by atoms with Crippen LogP contribution in [0.5, 0.6) is 0 Å². The Balaban J connectivity index is 0.00000106. The normalized spacial score (nSPS) is 17.8. The van der Waals surface area contributed by atoms with E-state index >= 15 is 0 Å². The summed E-state index contributed by atoms with van der Waals surface area (Å²) in [6.45, 7) is 9.83. The van der Waals surface area contributed by atoms with E-state index in [1.165, 1.54) is 0 Å². The molecule has 0 fully saturated rings. The smallest absolute Gasteiger partial charge is 0.174 e. The van der Waals surface area contributed by atoms with Crippen molar-refractivity contribution in [3.8, 4) is 0 Å². The second-order valence-corrected chi connectivity index (χ2v) is 4.10. The number of rotatable bonds is 5. The predicted octanol–water partition coefficient (Wildman–Crippen LogP) is 4.15. The maximum atomic E-state index is 5.42. The highest BCUT2D eigenvalue weighted by molar-refractivity contribution is 6.07. The van der Waals surface area contributed by atoms with E-state index in [0.717, 1.165) is 23.5 Å². The van der Waals surface area contributed by atoms with E-state index in [9.17, 15) is 0 Å². The lowest BCUT2D eigenvalue weighted by Crippen LogP contribution is -2.19. The molecule has 1 unspecified atom stereocenters. The largest absolute Gasteiger partial charge is 0.385 e. The van der Waals surface area contributed by atoms with Crippen molar-refractivity contribution in [1.82, 2.24) is 4.98 Å². The van der Waals surface area contributed by atoms with E-state index in [1.807, 2.05) is 38.1 Å². The van der Waals surface area contributed by atoms with E-state index in [0.29, 0.717) is 6.42 Å². The molecule has 0 radical (unpaired) electrons. The highest BCUT2D eigenvalue weighted by Gasteiger charge is 2.25. The summed E-state index contributed by atoms with van der Waals surface area (Å²) in [7, 11) is 0. The molecule has 1 atom stereocenters. The molecule has 0 aliphatic carbocycles. The molecule has 1 aliphatic rings. The Labute approximate surface area is 127 Å². The lowest BCUT2D eigenvalue weighted by molar-refractivity contribution is 0.133. The molecule has 0 N–H and O–H groups in total. The number of oxime groups is 1. The first-order valence-electron chi connectivity index (χ1n) is 7.34. The first kappa shape index (κ1) is 16.8. The van der Waals surface area contributed by atoms with E-state index in [4.69, 9.17) is 4.84 Å². The van der Waals surface area contributed by atoms with Gasteiger partial charge in [0.05, 0.1) is 11.4 Å². The summed E-state index contributed by atoms with van der Waals surface area (Å²) in [5.41, 5.74) is 2.48. The summed E-state index contributed by atoms with van der Waals surface area (Å²) < 4.78 is 0. The van der Waals surface area contributed by atoms with Crippen LogP contribution in [-0.2, 0) is 4.84 Å². The van der Waals surface area contributed by atoms with Crippen LogP contribution in [-0.4, -0.2) is 22.5 Å². The maximum absolute atomic E-state index is 5.42. The Hall–Kier alpha value is -2.23. The SMILES string of the molecule is C=CC(=N/C=C\CC)C1CC(c2ccccn2)=NO1.CC. The lowest BCUT2D eigenvalue weighted by atomic mass is 10.1. The van der Waals surface area contributed by atoms with Crippen molar-refractivity contribution in [1.29, 1.82) is 0 Å². The molecule has 2 rings (SSSR count). The van der Waals surface area contributed by atoms with Gasteiger partial charge >= 0.3 is 0 Å². The van der Waals surface area contributed by atoms with Crippen molar-refractivity contribution in [2.75, 3.05) is 0 Å². The molecule has 1 aliphatic heterocycles. The summed E-state index contributed by atoms with van der Waals surface area (Å²) in [6, 6.07) is 5.74. The molecule has 0 bridgehead atoms. The zero-order chi connectivity index (χ0) is 15.5. The number of allylic oxidation sites excluding steroid dienone is 1. The summed E-state index contributed by atoms with van der Waals surface area (Å²) in [5, 5.41) is 4.09. The predicted molar refractivity (Wildman–Crippen MR) is 88.7 cm³/mol. The van der Waals surface area contributed by atoms with Crippen LogP contribution in [0.15, 0.2) is 59.5 Å². The molecule has 1 aromatic rings. The van der Waals surface area contributed by atoms with E-state index in [-0.39, 0.29) is 6.10 Å². The molecule has 4 heteroatoms. The van der Waals surface area contributed by atoms with Gasteiger partial charge in [-0.05, 0) is 24.6 Å². The molecule has 21 heavy (non-hydrogen) atoms. The van der Waals surface area contributed by atoms with Crippen LogP contribution >= 0.6 is 0 Å². The molecule has 0 saturated heterocycles.